The van der Waals surface area contributed by atoms with Gasteiger partial charge in [-0.3, -0.25) is 0 Å². The molecule has 3 fully saturated rings. The van der Waals surface area contributed by atoms with Gasteiger partial charge >= 0.3 is 5.97 Å². The maximum absolute atomic E-state index is 6.92. The Morgan fingerprint density at radius 1 is 1.10 bits per heavy atom. The van der Waals surface area contributed by atoms with E-state index in [0.717, 1.165) is 11.1 Å². The summed E-state index contributed by atoms with van der Waals surface area (Å²) in [5.41, 5.74) is 1.60. The van der Waals surface area contributed by atoms with E-state index in [1.807, 2.05) is 24.3 Å². The maximum Gasteiger partial charge on any atom is 0.312 e. The first-order valence-electron chi connectivity index (χ1n) is 7.36. The Kier molecular flexibility index (Phi) is 2.68. The molecule has 106 valence electrons. The first-order valence-corrected chi connectivity index (χ1v) is 6.86. The summed E-state index contributed by atoms with van der Waals surface area (Å²) in [7, 11) is 0. The molecule has 1 aromatic rings. The van der Waals surface area contributed by atoms with Crippen LogP contribution in [0.3, 0.4) is 0 Å². The van der Waals surface area contributed by atoms with Gasteiger partial charge in [0.25, 0.3) is 0 Å². The molecule has 0 unspecified atom stereocenters. The van der Waals surface area contributed by atoms with E-state index in [4.69, 9.17) is 15.6 Å². The molecular weight excluding hydrogens is 252 g/mol. The molecule has 3 heterocycles. The third-order valence-corrected chi connectivity index (χ3v) is 4.59. The van der Waals surface area contributed by atoms with Gasteiger partial charge in [-0.1, -0.05) is 26.7 Å². The van der Waals surface area contributed by atoms with Crippen LogP contribution in [0.1, 0.15) is 33.3 Å². The molecule has 3 nitrogen and oxygen atoms in total. The van der Waals surface area contributed by atoms with Crippen molar-refractivity contribution in [2.24, 2.45) is 10.8 Å². The second-order valence-corrected chi connectivity index (χ2v) is 6.65. The fraction of sp³-hybridized carbons (Fsp3) is 0.529. The summed E-state index contributed by atoms with van der Waals surface area (Å²) in [6.07, 6.45) is 2.14. The highest BCUT2D eigenvalue weighted by Gasteiger charge is 2.57. The van der Waals surface area contributed by atoms with Crippen LogP contribution < -0.4 is 0 Å². The number of ether oxygens (including phenoxy) is 3. The molecule has 0 amide bonds. The van der Waals surface area contributed by atoms with Crippen LogP contribution >= 0.6 is 0 Å². The van der Waals surface area contributed by atoms with Gasteiger partial charge in [-0.05, 0) is 29.7 Å². The Labute approximate surface area is 121 Å². The van der Waals surface area contributed by atoms with Gasteiger partial charge < -0.3 is 14.2 Å². The number of hydrogen-bond donors (Lipinski definition) is 0. The quantitative estimate of drug-likeness (QED) is 0.736. The zero-order valence-corrected chi connectivity index (χ0v) is 12.2. The first kappa shape index (κ1) is 12.4. The van der Waals surface area contributed by atoms with Gasteiger partial charge in [-0.2, -0.15) is 0 Å². The number of rotatable bonds is 1. The second kappa shape index (κ2) is 4.33. The van der Waals surface area contributed by atoms with Gasteiger partial charge in [0, 0.05) is 16.5 Å². The van der Waals surface area contributed by atoms with Crippen LogP contribution in [0.4, 0.5) is 0 Å². The molecular formula is C17H20O3. The number of fused-ring (bicyclic) bond motifs is 3. The van der Waals surface area contributed by atoms with Crippen molar-refractivity contribution in [3.8, 4) is 12.3 Å². The second-order valence-electron chi connectivity index (χ2n) is 6.65. The summed E-state index contributed by atoms with van der Waals surface area (Å²) in [6.45, 7) is 8.46. The summed E-state index contributed by atoms with van der Waals surface area (Å²) in [4.78, 5) is 0. The van der Waals surface area contributed by atoms with Crippen LogP contribution in [0, 0.1) is 23.1 Å². The minimum atomic E-state index is -1.08. The molecule has 3 aliphatic heterocycles. The van der Waals surface area contributed by atoms with Crippen LogP contribution in [0.25, 0.3) is 0 Å². The van der Waals surface area contributed by atoms with E-state index < -0.39 is 5.97 Å². The predicted molar refractivity (Wildman–Crippen MR) is 75.8 cm³/mol. The van der Waals surface area contributed by atoms with Crippen LogP contribution in [-0.2, 0) is 20.2 Å². The van der Waals surface area contributed by atoms with Crippen molar-refractivity contribution in [3.63, 3.8) is 0 Å². The monoisotopic (exact) mass is 273 g/mol. The largest absolute Gasteiger partial charge is 0.323 e. The van der Waals surface area contributed by atoms with Gasteiger partial charge in [-0.15, -0.1) is 6.40 Å². The van der Waals surface area contributed by atoms with Gasteiger partial charge in [0.15, 0.2) is 0 Å². The van der Waals surface area contributed by atoms with Crippen LogP contribution in [0.15, 0.2) is 24.3 Å². The van der Waals surface area contributed by atoms with Crippen molar-refractivity contribution in [3.05, 3.63) is 35.4 Å². The van der Waals surface area contributed by atoms with Crippen molar-refractivity contribution in [2.45, 2.75) is 26.7 Å². The fourth-order valence-corrected chi connectivity index (χ4v) is 2.61. The zero-order valence-electron chi connectivity index (χ0n) is 13.2. The minimum Gasteiger partial charge on any atom is -0.323 e. The predicted octanol–water partition coefficient (Wildman–Crippen LogP) is 2.89. The standard InChI is InChI=1S/C17H20O3/c1-5-13-6-8-14(9-7-13)17-18-10-16(11-19-17,12-20-17)15(2,3)4/h1,6-9H,10-12H2,2-4H3/i1D. The lowest BCUT2D eigenvalue weighted by Crippen LogP contribution is -2.62. The lowest BCUT2D eigenvalue weighted by molar-refractivity contribution is -0.489. The SMILES string of the molecule is [2H]C#Cc1ccc(C23OCC(C(C)(C)C)(CO2)CO3)cc1. The molecule has 0 saturated carbocycles. The van der Waals surface area contributed by atoms with Gasteiger partial charge in [0.1, 0.15) is 1.37 Å². The maximum atomic E-state index is 6.92. The molecule has 20 heavy (non-hydrogen) atoms. The summed E-state index contributed by atoms with van der Waals surface area (Å²) >= 11 is 0. The average molecular weight is 273 g/mol. The molecule has 3 saturated heterocycles. The van der Waals surface area contributed by atoms with E-state index in [9.17, 15) is 0 Å². The highest BCUT2D eigenvalue weighted by Crippen LogP contribution is 2.51. The Morgan fingerprint density at radius 3 is 2.10 bits per heavy atom. The Morgan fingerprint density at radius 2 is 1.65 bits per heavy atom. The lowest BCUT2D eigenvalue weighted by atomic mass is 9.67. The zero-order chi connectivity index (χ0) is 15.1. The summed E-state index contributed by atoms with van der Waals surface area (Å²) < 4.78 is 24.8. The molecule has 0 aliphatic carbocycles. The molecule has 0 spiro atoms. The molecule has 2 bridgehead atoms. The third-order valence-electron chi connectivity index (χ3n) is 4.59. The van der Waals surface area contributed by atoms with E-state index in [1.54, 1.807) is 0 Å². The Bertz CT molecular complexity index is 565. The highest BCUT2D eigenvalue weighted by atomic mass is 16.9. The van der Waals surface area contributed by atoms with Crippen molar-refractivity contribution in [1.82, 2.24) is 0 Å². The summed E-state index contributed by atoms with van der Waals surface area (Å²) in [6, 6.07) is 7.47. The van der Waals surface area contributed by atoms with E-state index in [2.05, 4.69) is 33.1 Å². The molecule has 0 radical (unpaired) electrons. The summed E-state index contributed by atoms with van der Waals surface area (Å²) in [5.74, 6) is 1.61. The molecule has 0 atom stereocenters. The van der Waals surface area contributed by atoms with E-state index in [-0.39, 0.29) is 10.8 Å². The molecule has 1 aromatic carbocycles. The fourth-order valence-electron chi connectivity index (χ4n) is 2.61. The number of hydrogen-bond acceptors (Lipinski definition) is 3. The number of terminal acetylenes is 1. The Balaban J connectivity index is 1.84. The van der Waals surface area contributed by atoms with Crippen molar-refractivity contribution >= 4 is 0 Å². The van der Waals surface area contributed by atoms with E-state index >= 15 is 0 Å². The van der Waals surface area contributed by atoms with Crippen molar-refractivity contribution < 1.29 is 15.6 Å². The molecule has 3 aliphatic rings. The van der Waals surface area contributed by atoms with E-state index in [1.165, 1.54) is 0 Å². The Hall–Kier alpha value is -1.34. The molecule has 4 rings (SSSR count). The van der Waals surface area contributed by atoms with Crippen molar-refractivity contribution in [1.29, 1.82) is 0 Å². The molecule has 0 N–H and O–H groups in total. The highest BCUT2D eigenvalue weighted by molar-refractivity contribution is 5.35. The summed E-state index contributed by atoms with van der Waals surface area (Å²) in [5, 5.41) is 0. The molecule has 3 heteroatoms. The number of benzene rings is 1. The van der Waals surface area contributed by atoms with Gasteiger partial charge in [-0.25, -0.2) is 0 Å². The minimum absolute atomic E-state index is 0.0627. The normalized spacial score (nSPS) is 33.2. The van der Waals surface area contributed by atoms with Crippen LogP contribution in [0.5, 0.6) is 0 Å². The average Bonchev–Trinajstić information content (AvgIpc) is 2.49. The van der Waals surface area contributed by atoms with E-state index in [0.29, 0.717) is 19.8 Å². The van der Waals surface area contributed by atoms with Crippen LogP contribution in [0.2, 0.25) is 0 Å². The topological polar surface area (TPSA) is 27.7 Å². The van der Waals surface area contributed by atoms with Crippen molar-refractivity contribution in [2.75, 3.05) is 19.8 Å². The van der Waals surface area contributed by atoms with Crippen LogP contribution in [-0.4, -0.2) is 19.8 Å². The lowest BCUT2D eigenvalue weighted by Gasteiger charge is -2.56. The third kappa shape index (κ3) is 1.88. The first-order chi connectivity index (χ1) is 9.91. The smallest absolute Gasteiger partial charge is 0.312 e. The molecule has 0 aromatic heterocycles. The van der Waals surface area contributed by atoms with Gasteiger partial charge in [0.05, 0.1) is 19.8 Å². The van der Waals surface area contributed by atoms with Gasteiger partial charge in [0.2, 0.25) is 0 Å².